The third kappa shape index (κ3) is 4.95. The molecule has 2 rings (SSSR count). The smallest absolute Gasteiger partial charge is 0.251 e. The molecule has 1 aromatic rings. The maximum atomic E-state index is 12.4. The number of rotatable bonds is 7. The summed E-state index contributed by atoms with van der Waals surface area (Å²) in [4.78, 5) is 25.3. The second-order valence-electron chi connectivity index (χ2n) is 8.42. The molecule has 5 nitrogen and oxygen atoms in total. The number of carbonyl (C=O) groups excluding carboxylic acids is 2. The Hall–Kier alpha value is -1.66. The van der Waals surface area contributed by atoms with Gasteiger partial charge >= 0.3 is 0 Å². The number of anilines is 1. The van der Waals surface area contributed by atoms with Crippen molar-refractivity contribution in [1.29, 1.82) is 0 Å². The summed E-state index contributed by atoms with van der Waals surface area (Å²) < 4.78 is 6.10. The molecule has 1 heterocycles. The van der Waals surface area contributed by atoms with Gasteiger partial charge in [0.1, 0.15) is 6.29 Å². The van der Waals surface area contributed by atoms with E-state index in [0.717, 1.165) is 36.9 Å². The van der Waals surface area contributed by atoms with Crippen LogP contribution in [0.2, 0.25) is 18.1 Å². The first-order chi connectivity index (χ1) is 12.2. The summed E-state index contributed by atoms with van der Waals surface area (Å²) in [6.07, 6.45) is 2.88. The number of benzene rings is 1. The maximum absolute atomic E-state index is 12.4. The van der Waals surface area contributed by atoms with Crippen molar-refractivity contribution in [1.82, 2.24) is 5.32 Å². The van der Waals surface area contributed by atoms with Crippen LogP contribution in [0.25, 0.3) is 0 Å². The third-order valence-corrected chi connectivity index (χ3v) is 10.0. The van der Waals surface area contributed by atoms with Crippen molar-refractivity contribution in [3.8, 4) is 0 Å². The van der Waals surface area contributed by atoms with Crippen molar-refractivity contribution in [2.75, 3.05) is 31.1 Å². The Morgan fingerprint density at radius 2 is 2.08 bits per heavy atom. The summed E-state index contributed by atoms with van der Waals surface area (Å²) in [6.45, 7) is 13.4. The highest BCUT2D eigenvalue weighted by atomic mass is 28.4. The van der Waals surface area contributed by atoms with E-state index in [9.17, 15) is 9.59 Å². The molecule has 0 fully saturated rings. The monoisotopic (exact) mass is 376 g/mol. The van der Waals surface area contributed by atoms with E-state index in [-0.39, 0.29) is 10.9 Å². The van der Waals surface area contributed by atoms with E-state index in [2.05, 4.69) is 44.1 Å². The SMILES string of the molecule is CC(C)(C)[Si](C)(C)OCCNC(=O)c1ccc2c(c1)CCCN2CC=O. The van der Waals surface area contributed by atoms with Gasteiger partial charge in [0, 0.05) is 24.3 Å². The van der Waals surface area contributed by atoms with E-state index in [1.54, 1.807) is 0 Å². The van der Waals surface area contributed by atoms with Gasteiger partial charge in [-0.05, 0) is 54.7 Å². The number of nitrogens with one attached hydrogen (secondary N) is 1. The number of aryl methyl sites for hydroxylation is 1. The second-order valence-corrected chi connectivity index (χ2v) is 13.2. The summed E-state index contributed by atoms with van der Waals surface area (Å²) in [5.74, 6) is -0.0702. The Morgan fingerprint density at radius 1 is 1.35 bits per heavy atom. The quantitative estimate of drug-likeness (QED) is 0.450. The van der Waals surface area contributed by atoms with Gasteiger partial charge in [-0.3, -0.25) is 4.79 Å². The molecule has 0 bridgehead atoms. The number of hydrogen-bond acceptors (Lipinski definition) is 4. The molecule has 1 aromatic carbocycles. The van der Waals surface area contributed by atoms with Gasteiger partial charge in [0.2, 0.25) is 0 Å². The molecule has 26 heavy (non-hydrogen) atoms. The van der Waals surface area contributed by atoms with Gasteiger partial charge in [0.15, 0.2) is 8.32 Å². The summed E-state index contributed by atoms with van der Waals surface area (Å²) in [5, 5.41) is 3.12. The van der Waals surface area contributed by atoms with Gasteiger partial charge in [0.25, 0.3) is 5.91 Å². The lowest BCUT2D eigenvalue weighted by Crippen LogP contribution is -2.42. The molecular formula is C20H32N2O3Si. The maximum Gasteiger partial charge on any atom is 0.251 e. The number of amides is 1. The second kappa shape index (κ2) is 8.35. The first-order valence-corrected chi connectivity index (χ1v) is 12.3. The van der Waals surface area contributed by atoms with E-state index in [1.807, 2.05) is 18.2 Å². The van der Waals surface area contributed by atoms with Crippen LogP contribution in [0.4, 0.5) is 5.69 Å². The highest BCUT2D eigenvalue weighted by Gasteiger charge is 2.36. The molecule has 0 atom stereocenters. The minimum atomic E-state index is -1.78. The van der Waals surface area contributed by atoms with Crippen LogP contribution < -0.4 is 10.2 Å². The Labute approximate surface area is 158 Å². The van der Waals surface area contributed by atoms with Crippen molar-refractivity contribution in [2.45, 2.75) is 51.7 Å². The molecule has 1 amide bonds. The predicted molar refractivity (Wildman–Crippen MR) is 109 cm³/mol. The minimum absolute atomic E-state index is 0.0702. The van der Waals surface area contributed by atoms with E-state index >= 15 is 0 Å². The average Bonchev–Trinajstić information content (AvgIpc) is 2.57. The van der Waals surface area contributed by atoms with Gasteiger partial charge in [-0.2, -0.15) is 0 Å². The van der Waals surface area contributed by atoms with Crippen molar-refractivity contribution in [3.63, 3.8) is 0 Å². The summed E-state index contributed by atoms with van der Waals surface area (Å²) in [6, 6.07) is 5.75. The lowest BCUT2D eigenvalue weighted by Gasteiger charge is -2.36. The topological polar surface area (TPSA) is 58.6 Å². The zero-order valence-corrected chi connectivity index (χ0v) is 17.7. The number of hydrogen-bond donors (Lipinski definition) is 1. The van der Waals surface area contributed by atoms with Crippen molar-refractivity contribution >= 4 is 26.2 Å². The lowest BCUT2D eigenvalue weighted by atomic mass is 9.99. The average molecular weight is 377 g/mol. The van der Waals surface area contributed by atoms with Gasteiger partial charge in [0.05, 0.1) is 13.2 Å². The molecule has 0 aromatic heterocycles. The predicted octanol–water partition coefficient (Wildman–Crippen LogP) is 3.39. The number of aldehydes is 1. The fraction of sp³-hybridized carbons (Fsp3) is 0.600. The van der Waals surface area contributed by atoms with Crippen molar-refractivity contribution in [2.24, 2.45) is 0 Å². The standard InChI is InChI=1S/C20H32N2O3Si/c1-20(2,3)26(4,5)25-14-10-21-19(24)17-8-9-18-16(15-17)7-6-11-22(18)12-13-23/h8-9,13,15H,6-7,10-12,14H2,1-5H3,(H,21,24). The van der Waals surface area contributed by atoms with Crippen LogP contribution in [0.5, 0.6) is 0 Å². The molecule has 1 aliphatic rings. The van der Waals surface area contributed by atoms with Crippen LogP contribution >= 0.6 is 0 Å². The first kappa shape index (κ1) is 20.6. The molecule has 1 aliphatic heterocycles. The van der Waals surface area contributed by atoms with E-state index < -0.39 is 8.32 Å². The summed E-state index contributed by atoms with van der Waals surface area (Å²) >= 11 is 0. The fourth-order valence-corrected chi connectivity index (χ4v) is 3.93. The molecule has 0 unspecified atom stereocenters. The zero-order chi connectivity index (χ0) is 19.4. The molecule has 0 aliphatic carbocycles. The van der Waals surface area contributed by atoms with Crippen LogP contribution in [0.15, 0.2) is 18.2 Å². The number of nitrogens with zero attached hydrogens (tertiary/aromatic N) is 1. The molecule has 144 valence electrons. The van der Waals surface area contributed by atoms with Crippen LogP contribution in [0, 0.1) is 0 Å². The fourth-order valence-electron chi connectivity index (χ4n) is 2.89. The number of carbonyl (C=O) groups is 2. The van der Waals surface area contributed by atoms with E-state index in [0.29, 0.717) is 25.3 Å². The highest BCUT2D eigenvalue weighted by molar-refractivity contribution is 6.74. The van der Waals surface area contributed by atoms with Crippen LogP contribution in [-0.2, 0) is 15.6 Å². The molecule has 1 N–H and O–H groups in total. The van der Waals surface area contributed by atoms with Crippen molar-refractivity contribution < 1.29 is 14.0 Å². The summed E-state index contributed by atoms with van der Waals surface area (Å²) in [5.41, 5.74) is 2.88. The summed E-state index contributed by atoms with van der Waals surface area (Å²) in [7, 11) is -1.78. The van der Waals surface area contributed by atoms with Crippen molar-refractivity contribution in [3.05, 3.63) is 29.3 Å². The van der Waals surface area contributed by atoms with Crippen LogP contribution in [-0.4, -0.2) is 46.8 Å². The first-order valence-electron chi connectivity index (χ1n) is 9.39. The minimum Gasteiger partial charge on any atom is -0.415 e. The Bertz CT molecular complexity index is 653. The molecule has 0 spiro atoms. The highest BCUT2D eigenvalue weighted by Crippen LogP contribution is 2.36. The lowest BCUT2D eigenvalue weighted by molar-refractivity contribution is -0.106. The molecule has 6 heteroatoms. The normalized spacial score (nSPS) is 14.7. The van der Waals surface area contributed by atoms with Gasteiger partial charge < -0.3 is 19.4 Å². The molecule has 0 saturated carbocycles. The van der Waals surface area contributed by atoms with Crippen LogP contribution in [0.1, 0.15) is 43.1 Å². The Kier molecular flexibility index (Phi) is 6.63. The number of fused-ring (bicyclic) bond motifs is 1. The van der Waals surface area contributed by atoms with Gasteiger partial charge in [-0.25, -0.2) is 0 Å². The van der Waals surface area contributed by atoms with Gasteiger partial charge in [-0.15, -0.1) is 0 Å². The molecule has 0 radical (unpaired) electrons. The van der Waals surface area contributed by atoms with Crippen LogP contribution in [0.3, 0.4) is 0 Å². The Balaban J connectivity index is 1.91. The van der Waals surface area contributed by atoms with Gasteiger partial charge in [-0.1, -0.05) is 20.8 Å². The van der Waals surface area contributed by atoms with E-state index in [4.69, 9.17) is 4.43 Å². The largest absolute Gasteiger partial charge is 0.415 e. The third-order valence-electron chi connectivity index (χ3n) is 5.51. The molecular weight excluding hydrogens is 344 g/mol. The van der Waals surface area contributed by atoms with E-state index in [1.165, 1.54) is 0 Å². The zero-order valence-electron chi connectivity index (χ0n) is 16.7. The molecule has 0 saturated heterocycles. The Morgan fingerprint density at radius 3 is 2.73 bits per heavy atom.